The Bertz CT molecular complexity index is 1040. The Morgan fingerprint density at radius 1 is 1.17 bits per heavy atom. The number of hydrogen-bond acceptors (Lipinski definition) is 6. The fourth-order valence-corrected chi connectivity index (χ4v) is 5.26. The van der Waals surface area contributed by atoms with Gasteiger partial charge in [-0.05, 0) is 51.7 Å². The molecule has 2 aliphatic heterocycles. The molecule has 1 aromatic carbocycles. The van der Waals surface area contributed by atoms with Gasteiger partial charge in [0.25, 0.3) is 0 Å². The number of rotatable bonds is 4. The minimum Gasteiger partial charge on any atom is -0.368 e. The van der Waals surface area contributed by atoms with E-state index in [4.69, 9.17) is 14.8 Å². The number of ether oxygens (including phenoxy) is 1. The summed E-state index contributed by atoms with van der Waals surface area (Å²) in [6, 6.07) is 8.59. The summed E-state index contributed by atoms with van der Waals surface area (Å²) in [5.41, 5.74) is 4.19. The first-order valence-corrected chi connectivity index (χ1v) is 11.5. The minimum absolute atomic E-state index is 0.0553. The van der Waals surface area contributed by atoms with Gasteiger partial charge in [-0.25, -0.2) is 4.68 Å². The molecule has 0 spiro atoms. The summed E-state index contributed by atoms with van der Waals surface area (Å²) in [7, 11) is 0. The largest absolute Gasteiger partial charge is 0.368 e. The highest BCUT2D eigenvalue weighted by Crippen LogP contribution is 2.33. The Hall–Kier alpha value is -2.45. The number of amides is 1. The van der Waals surface area contributed by atoms with E-state index in [0.29, 0.717) is 6.61 Å². The van der Waals surface area contributed by atoms with Crippen LogP contribution in [0, 0.1) is 13.8 Å². The van der Waals surface area contributed by atoms with Crippen LogP contribution < -0.4 is 10.2 Å². The molecule has 2 saturated heterocycles. The standard InChI is InChI=1S/C22H27N5O2S/c1-14-5-7-17(8-6-14)27-20-19(15(2)25-27)30-22(24-20)26-11-9-16(10-12-26)23-21(28)18-4-3-13-29-18/h5-8,16,18H,3-4,9-13H2,1-2H3,(H,23,28)/t18-/m1/s1. The van der Waals surface area contributed by atoms with Gasteiger partial charge in [-0.15, -0.1) is 0 Å². The number of aryl methyl sites for hydroxylation is 2. The minimum atomic E-state index is -0.250. The molecular formula is C22H27N5O2S. The fourth-order valence-electron chi connectivity index (χ4n) is 4.22. The van der Waals surface area contributed by atoms with Crippen molar-refractivity contribution in [3.05, 3.63) is 35.5 Å². The molecule has 7 nitrogen and oxygen atoms in total. The quantitative estimate of drug-likeness (QED) is 0.694. The monoisotopic (exact) mass is 425 g/mol. The second kappa shape index (κ2) is 8.00. The molecule has 1 amide bonds. The average Bonchev–Trinajstić information content (AvgIpc) is 3.48. The summed E-state index contributed by atoms with van der Waals surface area (Å²) in [4.78, 5) is 19.6. The molecule has 2 aliphatic rings. The summed E-state index contributed by atoms with van der Waals surface area (Å²) >= 11 is 1.71. The van der Waals surface area contributed by atoms with E-state index in [1.807, 2.05) is 11.6 Å². The number of piperidine rings is 1. The predicted molar refractivity (Wildman–Crippen MR) is 119 cm³/mol. The number of fused-ring (bicyclic) bond motifs is 1. The second-order valence-electron chi connectivity index (χ2n) is 8.25. The lowest BCUT2D eigenvalue weighted by Crippen LogP contribution is -2.47. The van der Waals surface area contributed by atoms with Gasteiger partial charge < -0.3 is 15.0 Å². The second-order valence-corrected chi connectivity index (χ2v) is 9.23. The van der Waals surface area contributed by atoms with Crippen molar-refractivity contribution >= 4 is 32.7 Å². The first kappa shape index (κ1) is 19.5. The van der Waals surface area contributed by atoms with Crippen molar-refractivity contribution in [1.82, 2.24) is 20.1 Å². The van der Waals surface area contributed by atoms with Crippen molar-refractivity contribution in [3.63, 3.8) is 0 Å². The van der Waals surface area contributed by atoms with E-state index in [9.17, 15) is 4.79 Å². The van der Waals surface area contributed by atoms with E-state index in [-0.39, 0.29) is 18.1 Å². The van der Waals surface area contributed by atoms with E-state index < -0.39 is 0 Å². The van der Waals surface area contributed by atoms with Crippen LogP contribution in [0.4, 0.5) is 5.13 Å². The van der Waals surface area contributed by atoms with Crippen LogP contribution in [0.1, 0.15) is 36.9 Å². The van der Waals surface area contributed by atoms with Gasteiger partial charge in [0.05, 0.1) is 16.1 Å². The van der Waals surface area contributed by atoms with Crippen LogP contribution in [0.5, 0.6) is 0 Å². The maximum atomic E-state index is 12.3. The molecule has 0 aliphatic carbocycles. The Morgan fingerprint density at radius 3 is 2.63 bits per heavy atom. The van der Waals surface area contributed by atoms with Crippen LogP contribution in [0.15, 0.2) is 24.3 Å². The van der Waals surface area contributed by atoms with E-state index >= 15 is 0 Å². The lowest BCUT2D eigenvalue weighted by Gasteiger charge is -2.32. The number of benzene rings is 1. The number of carbonyl (C=O) groups is 1. The van der Waals surface area contributed by atoms with E-state index in [2.05, 4.69) is 41.4 Å². The van der Waals surface area contributed by atoms with Crippen molar-refractivity contribution in [2.45, 2.75) is 51.7 Å². The number of anilines is 1. The molecule has 158 valence electrons. The van der Waals surface area contributed by atoms with Gasteiger partial charge in [-0.1, -0.05) is 29.0 Å². The number of thiazole rings is 1. The van der Waals surface area contributed by atoms with E-state index in [1.54, 1.807) is 11.3 Å². The normalized spacial score (nSPS) is 20.2. The van der Waals surface area contributed by atoms with Crippen molar-refractivity contribution in [2.75, 3.05) is 24.6 Å². The number of nitrogens with one attached hydrogen (secondary N) is 1. The third-order valence-electron chi connectivity index (χ3n) is 5.99. The van der Waals surface area contributed by atoms with Gasteiger partial charge in [-0.3, -0.25) is 4.79 Å². The predicted octanol–water partition coefficient (Wildman–Crippen LogP) is 3.36. The van der Waals surface area contributed by atoms with Crippen LogP contribution >= 0.6 is 11.3 Å². The van der Waals surface area contributed by atoms with Crippen molar-refractivity contribution in [1.29, 1.82) is 0 Å². The van der Waals surface area contributed by atoms with Crippen molar-refractivity contribution in [3.8, 4) is 5.69 Å². The molecule has 1 N–H and O–H groups in total. The van der Waals surface area contributed by atoms with Crippen molar-refractivity contribution in [2.24, 2.45) is 0 Å². The molecule has 2 fully saturated rings. The zero-order valence-corrected chi connectivity index (χ0v) is 18.2. The van der Waals surface area contributed by atoms with Gasteiger partial charge in [0, 0.05) is 25.7 Å². The molecule has 3 aromatic rings. The van der Waals surface area contributed by atoms with E-state index in [1.165, 1.54) is 5.56 Å². The Morgan fingerprint density at radius 2 is 1.93 bits per heavy atom. The maximum absolute atomic E-state index is 12.3. The molecular weight excluding hydrogens is 398 g/mol. The van der Waals surface area contributed by atoms with Gasteiger partial charge in [0.1, 0.15) is 6.10 Å². The molecule has 2 aromatic heterocycles. The van der Waals surface area contributed by atoms with Gasteiger partial charge >= 0.3 is 0 Å². The molecule has 0 saturated carbocycles. The molecule has 5 rings (SSSR count). The van der Waals surface area contributed by atoms with E-state index in [0.717, 1.165) is 65.6 Å². The van der Waals surface area contributed by atoms with Gasteiger partial charge in [0.2, 0.25) is 5.91 Å². The zero-order chi connectivity index (χ0) is 20.7. The molecule has 8 heteroatoms. The van der Waals surface area contributed by atoms with Crippen LogP contribution in [-0.4, -0.2) is 52.5 Å². The van der Waals surface area contributed by atoms with Crippen LogP contribution in [0.2, 0.25) is 0 Å². The topological polar surface area (TPSA) is 72.3 Å². The Kier molecular flexibility index (Phi) is 5.20. The third-order valence-corrected chi connectivity index (χ3v) is 7.20. The highest BCUT2D eigenvalue weighted by Gasteiger charge is 2.28. The molecule has 30 heavy (non-hydrogen) atoms. The first-order valence-electron chi connectivity index (χ1n) is 10.7. The molecule has 1 atom stereocenters. The summed E-state index contributed by atoms with van der Waals surface area (Å²) in [5, 5.41) is 8.92. The number of hydrogen-bond donors (Lipinski definition) is 1. The highest BCUT2D eigenvalue weighted by molar-refractivity contribution is 7.22. The van der Waals surface area contributed by atoms with Gasteiger partial charge in [0.15, 0.2) is 10.8 Å². The van der Waals surface area contributed by atoms with Crippen LogP contribution in [0.25, 0.3) is 16.0 Å². The molecule has 4 heterocycles. The van der Waals surface area contributed by atoms with Crippen LogP contribution in [0.3, 0.4) is 0 Å². The smallest absolute Gasteiger partial charge is 0.249 e. The summed E-state index contributed by atoms with van der Waals surface area (Å²) in [6.45, 7) is 6.62. The highest BCUT2D eigenvalue weighted by atomic mass is 32.1. The lowest BCUT2D eigenvalue weighted by molar-refractivity contribution is -0.130. The molecule has 0 bridgehead atoms. The number of carbonyl (C=O) groups excluding carboxylic acids is 1. The van der Waals surface area contributed by atoms with Crippen LogP contribution in [-0.2, 0) is 9.53 Å². The average molecular weight is 426 g/mol. The van der Waals surface area contributed by atoms with Gasteiger partial charge in [-0.2, -0.15) is 10.1 Å². The zero-order valence-electron chi connectivity index (χ0n) is 17.4. The number of aromatic nitrogens is 3. The summed E-state index contributed by atoms with van der Waals surface area (Å²) < 4.78 is 8.58. The maximum Gasteiger partial charge on any atom is 0.249 e. The summed E-state index contributed by atoms with van der Waals surface area (Å²) in [6.07, 6.45) is 3.43. The molecule has 0 radical (unpaired) electrons. The first-order chi connectivity index (χ1) is 14.6. The third kappa shape index (κ3) is 3.70. The lowest BCUT2D eigenvalue weighted by atomic mass is 10.0. The SMILES string of the molecule is Cc1ccc(-n2nc(C)c3sc(N4CCC(NC(=O)[C@H]5CCCO5)CC4)nc32)cc1. The summed E-state index contributed by atoms with van der Waals surface area (Å²) in [5.74, 6) is 0.0553. The molecule has 0 unspecified atom stereocenters. The Labute approximate surface area is 180 Å². The fraction of sp³-hybridized carbons (Fsp3) is 0.500. The Balaban J connectivity index is 1.28. The number of nitrogens with zero attached hydrogens (tertiary/aromatic N) is 4. The van der Waals surface area contributed by atoms with Crippen molar-refractivity contribution < 1.29 is 9.53 Å².